The molecule has 2 aliphatic rings. The molecule has 2 fully saturated rings. The lowest BCUT2D eigenvalue weighted by Gasteiger charge is -2.30. The van der Waals surface area contributed by atoms with E-state index >= 15 is 0 Å². The molecule has 0 aliphatic heterocycles. The van der Waals surface area contributed by atoms with Crippen LogP contribution in [0.1, 0.15) is 84.9 Å². The van der Waals surface area contributed by atoms with Crippen molar-refractivity contribution in [1.29, 1.82) is 0 Å². The molecule has 138 valence electrons. The van der Waals surface area contributed by atoms with E-state index < -0.39 is 11.9 Å². The van der Waals surface area contributed by atoms with Crippen molar-refractivity contribution in [2.75, 3.05) is 0 Å². The molecule has 5 nitrogen and oxygen atoms in total. The van der Waals surface area contributed by atoms with E-state index in [1.807, 2.05) is 0 Å². The van der Waals surface area contributed by atoms with Crippen LogP contribution in [0.5, 0.6) is 0 Å². The van der Waals surface area contributed by atoms with Crippen molar-refractivity contribution >= 4 is 11.9 Å². The van der Waals surface area contributed by atoms with Gasteiger partial charge in [-0.1, -0.05) is 44.6 Å². The van der Waals surface area contributed by atoms with Gasteiger partial charge in [0.05, 0.1) is 11.1 Å². The van der Waals surface area contributed by atoms with Crippen LogP contribution < -0.4 is 5.32 Å². The Kier molecular flexibility index (Phi) is 7.92. The molecule has 0 saturated heterocycles. The van der Waals surface area contributed by atoms with Crippen molar-refractivity contribution < 1.29 is 19.8 Å². The van der Waals surface area contributed by atoms with Gasteiger partial charge in [0.25, 0.3) is 0 Å². The highest BCUT2D eigenvalue weighted by molar-refractivity contribution is 5.93. The zero-order valence-corrected chi connectivity index (χ0v) is 14.7. The van der Waals surface area contributed by atoms with Crippen molar-refractivity contribution in [3.05, 3.63) is 35.4 Å². The van der Waals surface area contributed by atoms with E-state index in [9.17, 15) is 9.59 Å². The second kappa shape index (κ2) is 10.2. The molecule has 0 amide bonds. The Morgan fingerprint density at radius 2 is 1.16 bits per heavy atom. The number of carboxylic acids is 2. The van der Waals surface area contributed by atoms with Crippen LogP contribution in [-0.2, 0) is 0 Å². The summed E-state index contributed by atoms with van der Waals surface area (Å²) in [5.41, 5.74) is -0.0372. The third-order valence-electron chi connectivity index (χ3n) is 5.04. The largest absolute Gasteiger partial charge is 0.478 e. The van der Waals surface area contributed by atoms with Gasteiger partial charge in [-0.15, -0.1) is 0 Å². The average Bonchev–Trinajstić information content (AvgIpc) is 2.64. The van der Waals surface area contributed by atoms with Crippen molar-refractivity contribution in [1.82, 2.24) is 5.32 Å². The van der Waals surface area contributed by atoms with Crippen LogP contribution in [0.2, 0.25) is 0 Å². The summed E-state index contributed by atoms with van der Waals surface area (Å²) >= 11 is 0. The summed E-state index contributed by atoms with van der Waals surface area (Å²) in [5.74, 6) is -2.25. The van der Waals surface area contributed by atoms with Crippen molar-refractivity contribution in [2.24, 2.45) is 0 Å². The molecule has 1 aromatic rings. The number of aromatic carboxylic acids is 2. The van der Waals surface area contributed by atoms with Crippen molar-refractivity contribution in [3.63, 3.8) is 0 Å². The summed E-state index contributed by atoms with van der Waals surface area (Å²) in [6.45, 7) is 0. The number of carbonyl (C=O) groups is 2. The van der Waals surface area contributed by atoms with Gasteiger partial charge in [0.2, 0.25) is 0 Å². The van der Waals surface area contributed by atoms with Crippen LogP contribution in [-0.4, -0.2) is 34.2 Å². The topological polar surface area (TPSA) is 86.6 Å². The van der Waals surface area contributed by atoms with Crippen LogP contribution in [0.3, 0.4) is 0 Å². The molecule has 0 atom stereocenters. The van der Waals surface area contributed by atoms with Crippen LogP contribution in [0.4, 0.5) is 0 Å². The molecule has 0 aromatic heterocycles. The molecule has 2 aliphatic carbocycles. The Bertz CT molecular complexity index is 515. The number of nitrogens with one attached hydrogen (secondary N) is 1. The highest BCUT2D eigenvalue weighted by atomic mass is 16.4. The highest BCUT2D eigenvalue weighted by Crippen LogP contribution is 2.22. The maximum atomic E-state index is 10.4. The lowest BCUT2D eigenvalue weighted by Crippen LogP contribution is -2.40. The summed E-state index contributed by atoms with van der Waals surface area (Å²) in [6.07, 6.45) is 14.6. The fourth-order valence-electron chi connectivity index (χ4n) is 3.66. The lowest BCUT2D eigenvalue weighted by molar-refractivity contribution is 0.0696. The Balaban J connectivity index is 0.000000181. The minimum atomic E-state index is -1.13. The molecule has 0 bridgehead atoms. The molecular weight excluding hydrogens is 318 g/mol. The minimum absolute atomic E-state index is 0.0186. The zero-order valence-electron chi connectivity index (χ0n) is 14.7. The monoisotopic (exact) mass is 347 g/mol. The number of rotatable bonds is 4. The molecular formula is C20H29NO4. The second-order valence-electron chi connectivity index (χ2n) is 7.03. The van der Waals surface area contributed by atoms with Gasteiger partial charge in [-0.2, -0.15) is 0 Å². The first-order valence-corrected chi connectivity index (χ1v) is 9.39. The molecule has 2 saturated carbocycles. The van der Waals surface area contributed by atoms with Gasteiger partial charge < -0.3 is 15.5 Å². The summed E-state index contributed by atoms with van der Waals surface area (Å²) in [5, 5.41) is 20.9. The van der Waals surface area contributed by atoms with E-state index in [4.69, 9.17) is 10.2 Å². The van der Waals surface area contributed by atoms with E-state index in [0.717, 1.165) is 18.2 Å². The molecule has 0 spiro atoms. The Labute approximate surface area is 149 Å². The van der Waals surface area contributed by atoms with Crippen LogP contribution in [0.15, 0.2) is 24.3 Å². The summed E-state index contributed by atoms with van der Waals surface area (Å²) in [7, 11) is 0. The molecule has 5 heteroatoms. The Morgan fingerprint density at radius 1 is 0.760 bits per heavy atom. The highest BCUT2D eigenvalue weighted by Gasteiger charge is 2.19. The van der Waals surface area contributed by atoms with Gasteiger partial charge in [-0.05, 0) is 43.9 Å². The summed E-state index contributed by atoms with van der Waals surface area (Å²) < 4.78 is 0. The second-order valence-corrected chi connectivity index (χ2v) is 7.03. The Morgan fingerprint density at radius 3 is 1.52 bits per heavy atom. The minimum Gasteiger partial charge on any atom is -0.478 e. The average molecular weight is 347 g/mol. The number of carboxylic acid groups (broad SMARTS) is 2. The smallest absolute Gasteiger partial charge is 0.335 e. The SMILES string of the molecule is C1CCC(NC2CCCCC2)CC1.O=C(O)c1cccc(C(=O)O)c1. The fourth-order valence-corrected chi connectivity index (χ4v) is 3.66. The molecule has 0 unspecified atom stereocenters. The first kappa shape index (κ1) is 19.4. The maximum Gasteiger partial charge on any atom is 0.335 e. The molecule has 1 aromatic carbocycles. The Hall–Kier alpha value is -1.88. The predicted molar refractivity (Wildman–Crippen MR) is 97.2 cm³/mol. The molecule has 3 rings (SSSR count). The number of hydrogen-bond acceptors (Lipinski definition) is 3. The van der Waals surface area contributed by atoms with Crippen molar-refractivity contribution in [2.45, 2.75) is 76.3 Å². The zero-order chi connectivity index (χ0) is 18.1. The van der Waals surface area contributed by atoms with Gasteiger partial charge in [0.1, 0.15) is 0 Å². The molecule has 25 heavy (non-hydrogen) atoms. The third kappa shape index (κ3) is 6.86. The van der Waals surface area contributed by atoms with E-state index in [0.29, 0.717) is 0 Å². The molecule has 0 radical (unpaired) electrons. The van der Waals surface area contributed by atoms with Gasteiger partial charge in [0.15, 0.2) is 0 Å². The number of benzene rings is 1. The molecule has 0 heterocycles. The van der Waals surface area contributed by atoms with Crippen LogP contribution in [0.25, 0.3) is 0 Å². The molecule has 3 N–H and O–H groups in total. The first-order valence-electron chi connectivity index (χ1n) is 9.39. The van der Waals surface area contributed by atoms with E-state index in [1.54, 1.807) is 0 Å². The standard InChI is InChI=1S/C12H23N.C8H6O4/c1-3-7-11(8-4-1)13-12-9-5-2-6-10-12;9-7(10)5-2-1-3-6(4-5)8(11)12/h11-13H,1-10H2;1-4H,(H,9,10)(H,11,12). The quantitative estimate of drug-likeness (QED) is 0.755. The van der Waals surface area contributed by atoms with Gasteiger partial charge in [0, 0.05) is 12.1 Å². The fraction of sp³-hybridized carbons (Fsp3) is 0.600. The summed E-state index contributed by atoms with van der Waals surface area (Å²) in [6, 6.07) is 6.94. The normalized spacial score (nSPS) is 18.9. The van der Waals surface area contributed by atoms with E-state index in [-0.39, 0.29) is 11.1 Å². The number of hydrogen-bond donors (Lipinski definition) is 3. The van der Waals surface area contributed by atoms with Crippen LogP contribution in [0, 0.1) is 0 Å². The summed E-state index contributed by atoms with van der Waals surface area (Å²) in [4.78, 5) is 20.8. The van der Waals surface area contributed by atoms with Crippen LogP contribution >= 0.6 is 0 Å². The maximum absolute atomic E-state index is 10.4. The van der Waals surface area contributed by atoms with Gasteiger partial charge in [-0.25, -0.2) is 9.59 Å². The lowest BCUT2D eigenvalue weighted by atomic mass is 9.91. The van der Waals surface area contributed by atoms with Gasteiger partial charge in [-0.3, -0.25) is 0 Å². The van der Waals surface area contributed by atoms with E-state index in [2.05, 4.69) is 5.32 Å². The van der Waals surface area contributed by atoms with Gasteiger partial charge >= 0.3 is 11.9 Å². The van der Waals surface area contributed by atoms with Crippen molar-refractivity contribution in [3.8, 4) is 0 Å². The van der Waals surface area contributed by atoms with E-state index in [1.165, 1.54) is 82.4 Å². The first-order chi connectivity index (χ1) is 12.1. The predicted octanol–water partition coefficient (Wildman–Crippen LogP) is 4.32. The third-order valence-corrected chi connectivity index (χ3v) is 5.04.